The van der Waals surface area contributed by atoms with Gasteiger partial charge in [0.1, 0.15) is 5.54 Å². The van der Waals surface area contributed by atoms with Gasteiger partial charge in [-0.2, -0.15) is 0 Å². The van der Waals surface area contributed by atoms with Gasteiger partial charge in [0, 0.05) is 12.2 Å². The minimum atomic E-state index is -1.02. The van der Waals surface area contributed by atoms with E-state index in [1.165, 1.54) is 11.0 Å². The normalized spacial score (nSPS) is 24.3. The topological polar surface area (TPSA) is 105 Å². The predicted molar refractivity (Wildman–Crippen MR) is 75.8 cm³/mol. The number of halogens is 1. The summed E-state index contributed by atoms with van der Waals surface area (Å²) in [6.07, 6.45) is 0.378. The van der Waals surface area contributed by atoms with Gasteiger partial charge in [0.25, 0.3) is 11.8 Å². The van der Waals surface area contributed by atoms with E-state index in [4.69, 9.17) is 17.3 Å². The number of nitrogens with zero attached hydrogens (tertiary/aromatic N) is 1. The third-order valence-corrected chi connectivity index (χ3v) is 4.11. The van der Waals surface area contributed by atoms with E-state index in [0.717, 1.165) is 0 Å². The quantitative estimate of drug-likeness (QED) is 0.514. The predicted octanol–water partition coefficient (Wildman–Crippen LogP) is 0.346. The number of hydrogen-bond donors (Lipinski definition) is 3. The van der Waals surface area contributed by atoms with Crippen molar-refractivity contribution in [1.29, 1.82) is 0 Å². The van der Waals surface area contributed by atoms with Crippen LogP contribution in [-0.4, -0.2) is 41.4 Å². The second kappa shape index (κ2) is 4.63. The Morgan fingerprint density at radius 2 is 2.14 bits per heavy atom. The Labute approximate surface area is 125 Å². The third kappa shape index (κ3) is 2.19. The summed E-state index contributed by atoms with van der Waals surface area (Å²) in [4.78, 5) is 37.1. The van der Waals surface area contributed by atoms with Crippen molar-refractivity contribution in [3.8, 4) is 0 Å². The summed E-state index contributed by atoms with van der Waals surface area (Å²) in [5.41, 5.74) is 5.37. The van der Waals surface area contributed by atoms with Crippen LogP contribution < -0.4 is 16.4 Å². The lowest BCUT2D eigenvalue weighted by molar-refractivity contribution is -0.123. The number of carbonyl (C=O) groups is 3. The van der Waals surface area contributed by atoms with E-state index in [1.807, 2.05) is 0 Å². The molecule has 0 aromatic heterocycles. The van der Waals surface area contributed by atoms with Crippen LogP contribution in [0.2, 0.25) is 5.02 Å². The van der Waals surface area contributed by atoms with Crippen LogP contribution in [0.4, 0.5) is 10.5 Å². The summed E-state index contributed by atoms with van der Waals surface area (Å²) >= 11 is 6.03. The Kier molecular flexibility index (Phi) is 3.02. The van der Waals surface area contributed by atoms with E-state index in [2.05, 4.69) is 10.6 Å². The molecule has 2 saturated heterocycles. The molecule has 1 atom stereocenters. The molecule has 0 aliphatic carbocycles. The number of nitrogens with two attached hydrogens (primary N) is 1. The zero-order valence-electron chi connectivity index (χ0n) is 11.0. The molecule has 2 aliphatic rings. The van der Waals surface area contributed by atoms with Crippen LogP contribution in [0.25, 0.3) is 0 Å². The monoisotopic (exact) mass is 308 g/mol. The molecular formula is C13H13ClN4O3. The van der Waals surface area contributed by atoms with Crippen molar-refractivity contribution in [3.05, 3.63) is 28.8 Å². The standard InChI is InChI=1S/C13H13ClN4O3/c14-9-5-7(15)1-2-8(9)10(19)18-4-3-13(6-18)11(20)16-12(21)17-13/h1-2,5H,3-4,6,15H2,(H2,16,17,20,21). The first-order chi connectivity index (χ1) is 9.91. The molecular weight excluding hydrogens is 296 g/mol. The number of nitrogens with one attached hydrogen (secondary N) is 2. The smallest absolute Gasteiger partial charge is 0.322 e. The highest BCUT2D eigenvalue weighted by molar-refractivity contribution is 6.34. The average Bonchev–Trinajstić information content (AvgIpc) is 2.94. The lowest BCUT2D eigenvalue weighted by Gasteiger charge is -2.21. The number of rotatable bonds is 1. The number of hydrogen-bond acceptors (Lipinski definition) is 4. The molecule has 1 aromatic rings. The van der Waals surface area contributed by atoms with E-state index in [0.29, 0.717) is 24.2 Å². The summed E-state index contributed by atoms with van der Waals surface area (Å²) in [6, 6.07) is 4.12. The molecule has 1 aromatic carbocycles. The van der Waals surface area contributed by atoms with Gasteiger partial charge in [-0.15, -0.1) is 0 Å². The highest BCUT2D eigenvalue weighted by Gasteiger charge is 2.51. The van der Waals surface area contributed by atoms with Crippen molar-refractivity contribution in [3.63, 3.8) is 0 Å². The lowest BCUT2D eigenvalue weighted by atomic mass is 9.99. The van der Waals surface area contributed by atoms with E-state index in [-0.39, 0.29) is 17.5 Å². The van der Waals surface area contributed by atoms with E-state index >= 15 is 0 Å². The maximum atomic E-state index is 12.5. The molecule has 1 unspecified atom stereocenters. The number of urea groups is 1. The van der Waals surface area contributed by atoms with Gasteiger partial charge in [-0.25, -0.2) is 4.79 Å². The highest BCUT2D eigenvalue weighted by Crippen LogP contribution is 2.28. The number of anilines is 1. The molecule has 0 bridgehead atoms. The van der Waals surface area contributed by atoms with Crippen molar-refractivity contribution < 1.29 is 14.4 Å². The molecule has 2 fully saturated rings. The summed E-state index contributed by atoms with van der Waals surface area (Å²) in [6.45, 7) is 0.497. The zero-order chi connectivity index (χ0) is 15.2. The van der Waals surface area contributed by atoms with Gasteiger partial charge < -0.3 is 16.0 Å². The summed E-state index contributed by atoms with van der Waals surface area (Å²) in [7, 11) is 0. The van der Waals surface area contributed by atoms with Gasteiger partial charge >= 0.3 is 6.03 Å². The second-order valence-corrected chi connectivity index (χ2v) is 5.61. The third-order valence-electron chi connectivity index (χ3n) is 3.79. The fourth-order valence-electron chi connectivity index (χ4n) is 2.67. The van der Waals surface area contributed by atoms with Crippen molar-refractivity contribution in [2.24, 2.45) is 0 Å². The Balaban J connectivity index is 1.82. The van der Waals surface area contributed by atoms with Gasteiger partial charge in [0.05, 0.1) is 17.1 Å². The molecule has 8 heteroatoms. The molecule has 7 nitrogen and oxygen atoms in total. The van der Waals surface area contributed by atoms with Gasteiger partial charge in [0.2, 0.25) is 0 Å². The zero-order valence-corrected chi connectivity index (χ0v) is 11.7. The van der Waals surface area contributed by atoms with Crippen LogP contribution in [-0.2, 0) is 4.79 Å². The maximum absolute atomic E-state index is 12.5. The number of nitrogen functional groups attached to an aromatic ring is 1. The Hall–Kier alpha value is -2.28. The van der Waals surface area contributed by atoms with Gasteiger partial charge in [-0.3, -0.25) is 14.9 Å². The number of imide groups is 1. The number of benzene rings is 1. The van der Waals surface area contributed by atoms with Gasteiger partial charge in [0.15, 0.2) is 0 Å². The van der Waals surface area contributed by atoms with Crippen LogP contribution in [0.1, 0.15) is 16.8 Å². The van der Waals surface area contributed by atoms with Gasteiger partial charge in [-0.1, -0.05) is 11.6 Å². The first-order valence-electron chi connectivity index (χ1n) is 6.39. The van der Waals surface area contributed by atoms with Crippen LogP contribution in [0, 0.1) is 0 Å². The molecule has 1 spiro atoms. The van der Waals surface area contributed by atoms with Crippen molar-refractivity contribution in [2.75, 3.05) is 18.8 Å². The maximum Gasteiger partial charge on any atom is 0.322 e. The van der Waals surface area contributed by atoms with Crippen LogP contribution in [0.5, 0.6) is 0 Å². The SMILES string of the molecule is Nc1ccc(C(=O)N2CCC3(C2)NC(=O)NC3=O)c(Cl)c1. The van der Waals surface area contributed by atoms with E-state index in [1.54, 1.807) is 12.1 Å². The summed E-state index contributed by atoms with van der Waals surface area (Å²) < 4.78 is 0. The summed E-state index contributed by atoms with van der Waals surface area (Å²) in [5.74, 6) is -0.683. The van der Waals surface area contributed by atoms with Crippen LogP contribution >= 0.6 is 11.6 Å². The largest absolute Gasteiger partial charge is 0.399 e. The number of carbonyl (C=O) groups excluding carboxylic acids is 3. The summed E-state index contributed by atoms with van der Waals surface area (Å²) in [5, 5.41) is 5.06. The fraction of sp³-hybridized carbons (Fsp3) is 0.308. The molecule has 0 saturated carbocycles. The molecule has 0 radical (unpaired) electrons. The Morgan fingerprint density at radius 3 is 2.76 bits per heavy atom. The minimum absolute atomic E-state index is 0.129. The first-order valence-corrected chi connectivity index (χ1v) is 6.77. The molecule has 110 valence electrons. The first kappa shape index (κ1) is 13.7. The molecule has 4 N–H and O–H groups in total. The molecule has 21 heavy (non-hydrogen) atoms. The Bertz CT molecular complexity index is 663. The molecule has 4 amide bonds. The second-order valence-electron chi connectivity index (χ2n) is 5.21. The van der Waals surface area contributed by atoms with Gasteiger partial charge in [-0.05, 0) is 24.6 Å². The molecule has 2 heterocycles. The molecule has 2 aliphatic heterocycles. The fourth-order valence-corrected chi connectivity index (χ4v) is 2.94. The van der Waals surface area contributed by atoms with Crippen LogP contribution in [0.15, 0.2) is 18.2 Å². The lowest BCUT2D eigenvalue weighted by Crippen LogP contribution is -2.49. The van der Waals surface area contributed by atoms with Crippen molar-refractivity contribution in [1.82, 2.24) is 15.5 Å². The van der Waals surface area contributed by atoms with E-state index in [9.17, 15) is 14.4 Å². The average molecular weight is 309 g/mol. The highest BCUT2D eigenvalue weighted by atomic mass is 35.5. The van der Waals surface area contributed by atoms with Crippen molar-refractivity contribution >= 4 is 35.1 Å². The molecule has 3 rings (SSSR count). The van der Waals surface area contributed by atoms with Crippen molar-refractivity contribution in [2.45, 2.75) is 12.0 Å². The van der Waals surface area contributed by atoms with E-state index < -0.39 is 17.5 Å². The minimum Gasteiger partial charge on any atom is -0.399 e. The number of amides is 4. The van der Waals surface area contributed by atoms with Crippen LogP contribution in [0.3, 0.4) is 0 Å². The Morgan fingerprint density at radius 1 is 1.38 bits per heavy atom. The number of likely N-dealkylation sites (tertiary alicyclic amines) is 1.